The Kier molecular flexibility index (Phi) is 5.59. The van der Waals surface area contributed by atoms with Gasteiger partial charge < -0.3 is 15.0 Å². The van der Waals surface area contributed by atoms with E-state index >= 15 is 0 Å². The van der Waals surface area contributed by atoms with Crippen molar-refractivity contribution in [3.05, 3.63) is 51.7 Å². The molecule has 0 bridgehead atoms. The smallest absolute Gasteiger partial charge is 0.263 e. The average Bonchev–Trinajstić information content (AvgIpc) is 2.59. The van der Waals surface area contributed by atoms with Crippen molar-refractivity contribution in [1.82, 2.24) is 15.3 Å². The predicted octanol–water partition coefficient (Wildman–Crippen LogP) is 2.03. The summed E-state index contributed by atoms with van der Waals surface area (Å²) in [7, 11) is 3.09. The molecule has 0 atom stereocenters. The van der Waals surface area contributed by atoms with Crippen LogP contribution >= 0.6 is 11.8 Å². The fourth-order valence-corrected chi connectivity index (χ4v) is 2.53. The lowest BCUT2D eigenvalue weighted by molar-refractivity contribution is 0.0961. The van der Waals surface area contributed by atoms with Gasteiger partial charge in [0.05, 0.1) is 7.11 Å². The maximum Gasteiger partial charge on any atom is 0.263 e. The molecule has 2 rings (SSSR count). The van der Waals surface area contributed by atoms with Crippen molar-refractivity contribution in [3.63, 3.8) is 0 Å². The fourth-order valence-electron chi connectivity index (χ4n) is 1.92. The van der Waals surface area contributed by atoms with Crippen molar-refractivity contribution in [2.45, 2.75) is 4.90 Å². The molecule has 120 valence electrons. The Morgan fingerprint density at radius 2 is 2.17 bits per heavy atom. The Morgan fingerprint density at radius 1 is 1.39 bits per heavy atom. The molecule has 6 nitrogen and oxygen atoms in total. The molecule has 1 aromatic heterocycles. The van der Waals surface area contributed by atoms with Gasteiger partial charge in [-0.25, -0.2) is 4.98 Å². The van der Waals surface area contributed by atoms with Crippen LogP contribution in [0.5, 0.6) is 5.75 Å². The van der Waals surface area contributed by atoms with E-state index in [-0.39, 0.29) is 5.56 Å². The highest BCUT2D eigenvalue weighted by molar-refractivity contribution is 7.98. The summed E-state index contributed by atoms with van der Waals surface area (Å²) in [5, 5.41) is 2.39. The lowest BCUT2D eigenvalue weighted by Gasteiger charge is -2.06. The molecule has 0 fully saturated rings. The summed E-state index contributed by atoms with van der Waals surface area (Å²) in [5.74, 6) is 0.731. The minimum absolute atomic E-state index is 0.0150. The van der Waals surface area contributed by atoms with Gasteiger partial charge >= 0.3 is 0 Å². The van der Waals surface area contributed by atoms with Crippen LogP contribution in [0.25, 0.3) is 12.2 Å². The summed E-state index contributed by atoms with van der Waals surface area (Å²) in [6.07, 6.45) is 6.75. The Labute approximate surface area is 138 Å². The van der Waals surface area contributed by atoms with Crippen molar-refractivity contribution in [3.8, 4) is 5.75 Å². The third-order valence-electron chi connectivity index (χ3n) is 3.13. The number of nitrogens with zero attached hydrogens (tertiary/aromatic N) is 1. The number of methoxy groups -OCH3 is 1. The summed E-state index contributed by atoms with van der Waals surface area (Å²) in [6, 6.07) is 5.78. The first-order chi connectivity index (χ1) is 11.1. The highest BCUT2D eigenvalue weighted by Gasteiger charge is 2.08. The maximum atomic E-state index is 11.8. The first-order valence-corrected chi connectivity index (χ1v) is 8.03. The molecule has 0 saturated heterocycles. The van der Waals surface area contributed by atoms with Gasteiger partial charge in [0.15, 0.2) is 0 Å². The Balaban J connectivity index is 2.25. The number of rotatable bonds is 5. The number of nitrogens with one attached hydrogen (secondary N) is 2. The van der Waals surface area contributed by atoms with Gasteiger partial charge in [-0.05, 0) is 30.0 Å². The van der Waals surface area contributed by atoms with Gasteiger partial charge in [0.1, 0.15) is 17.1 Å². The van der Waals surface area contributed by atoms with Gasteiger partial charge in [-0.2, -0.15) is 0 Å². The number of aromatic nitrogens is 2. The van der Waals surface area contributed by atoms with Crippen molar-refractivity contribution in [2.24, 2.45) is 0 Å². The zero-order valence-corrected chi connectivity index (χ0v) is 13.9. The van der Waals surface area contributed by atoms with Crippen LogP contribution in [0.1, 0.15) is 21.7 Å². The molecule has 0 radical (unpaired) electrons. The number of ether oxygens (including phenoxy) is 1. The van der Waals surface area contributed by atoms with Crippen LogP contribution in [-0.2, 0) is 0 Å². The molecular weight excluding hydrogens is 314 g/mol. The number of carbonyl (C=O) groups is 1. The minimum atomic E-state index is -0.474. The third-order valence-corrected chi connectivity index (χ3v) is 3.89. The maximum absolute atomic E-state index is 11.8. The molecule has 0 spiro atoms. The van der Waals surface area contributed by atoms with Crippen LogP contribution in [0.3, 0.4) is 0 Å². The molecule has 0 aliphatic rings. The number of hydrogen-bond donors (Lipinski definition) is 2. The molecule has 1 aromatic carbocycles. The highest BCUT2D eigenvalue weighted by atomic mass is 32.2. The predicted molar refractivity (Wildman–Crippen MR) is 92.0 cm³/mol. The molecule has 7 heteroatoms. The largest absolute Gasteiger partial charge is 0.496 e. The van der Waals surface area contributed by atoms with E-state index in [2.05, 4.69) is 15.3 Å². The number of hydrogen-bond acceptors (Lipinski definition) is 5. The molecule has 1 heterocycles. The second kappa shape index (κ2) is 7.64. The Hall–Kier alpha value is -2.54. The average molecular weight is 331 g/mol. The van der Waals surface area contributed by atoms with Crippen LogP contribution < -0.4 is 15.6 Å². The lowest BCUT2D eigenvalue weighted by Crippen LogP contribution is -2.27. The van der Waals surface area contributed by atoms with Crippen molar-refractivity contribution in [2.75, 3.05) is 20.4 Å². The second-order valence-electron chi connectivity index (χ2n) is 4.54. The highest BCUT2D eigenvalue weighted by Crippen LogP contribution is 2.28. The van der Waals surface area contributed by atoms with Crippen molar-refractivity contribution in [1.29, 1.82) is 0 Å². The summed E-state index contributed by atoms with van der Waals surface area (Å²) < 4.78 is 5.27. The van der Waals surface area contributed by atoms with E-state index < -0.39 is 11.5 Å². The van der Waals surface area contributed by atoms with E-state index in [9.17, 15) is 9.59 Å². The van der Waals surface area contributed by atoms with Gasteiger partial charge in [-0.1, -0.05) is 12.1 Å². The van der Waals surface area contributed by atoms with E-state index in [1.165, 1.54) is 13.2 Å². The number of amides is 1. The SMILES string of the molecule is CNC(=O)c1cnc(C=Cc2ccc(OC)c(SC)c2)[nH]c1=O. The van der Waals surface area contributed by atoms with Gasteiger partial charge in [-0.3, -0.25) is 9.59 Å². The summed E-state index contributed by atoms with van der Waals surface area (Å²) >= 11 is 1.59. The van der Waals surface area contributed by atoms with Crippen LogP contribution in [0.15, 0.2) is 34.1 Å². The Bertz CT molecular complexity index is 799. The normalized spacial score (nSPS) is 10.7. The van der Waals surface area contributed by atoms with E-state index in [4.69, 9.17) is 4.74 Å². The number of carbonyl (C=O) groups excluding carboxylic acids is 1. The molecule has 0 aliphatic heterocycles. The zero-order valence-electron chi connectivity index (χ0n) is 13.0. The molecule has 23 heavy (non-hydrogen) atoms. The summed E-state index contributed by atoms with van der Waals surface area (Å²) in [6.45, 7) is 0. The number of H-pyrrole nitrogens is 1. The first kappa shape index (κ1) is 16.8. The summed E-state index contributed by atoms with van der Waals surface area (Å²) in [4.78, 5) is 30.9. The Morgan fingerprint density at radius 3 is 2.78 bits per heavy atom. The molecule has 2 N–H and O–H groups in total. The van der Waals surface area contributed by atoms with Crippen molar-refractivity contribution < 1.29 is 9.53 Å². The van der Waals surface area contributed by atoms with Crippen molar-refractivity contribution >= 4 is 29.8 Å². The molecule has 2 aromatic rings. The number of aromatic amines is 1. The van der Waals surface area contributed by atoms with Gasteiger partial charge in [0.25, 0.3) is 11.5 Å². The second-order valence-corrected chi connectivity index (χ2v) is 5.39. The molecule has 0 saturated carbocycles. The van der Waals surface area contributed by atoms with E-state index in [1.54, 1.807) is 24.9 Å². The monoisotopic (exact) mass is 331 g/mol. The van der Waals surface area contributed by atoms with Gasteiger partial charge in [-0.15, -0.1) is 11.8 Å². The zero-order chi connectivity index (χ0) is 16.8. The van der Waals surface area contributed by atoms with Crippen LogP contribution in [-0.4, -0.2) is 36.3 Å². The van der Waals surface area contributed by atoms with Gasteiger partial charge in [0.2, 0.25) is 0 Å². The van der Waals surface area contributed by atoms with Crippen LogP contribution in [0.4, 0.5) is 0 Å². The number of benzene rings is 1. The van der Waals surface area contributed by atoms with Gasteiger partial charge in [0, 0.05) is 18.1 Å². The van der Waals surface area contributed by atoms with Crippen LogP contribution in [0, 0.1) is 0 Å². The lowest BCUT2D eigenvalue weighted by atomic mass is 10.2. The summed E-state index contributed by atoms with van der Waals surface area (Å²) in [5.41, 5.74) is 0.463. The molecule has 1 amide bonds. The van der Waals surface area contributed by atoms with E-state index in [0.29, 0.717) is 5.82 Å². The standard InChI is InChI=1S/C16H17N3O3S/c1-17-15(20)11-9-18-14(19-16(11)21)7-5-10-4-6-12(22-2)13(8-10)23-3/h4-9H,1-3H3,(H,17,20)(H,18,19,21). The van der Waals surface area contributed by atoms with Crippen LogP contribution in [0.2, 0.25) is 0 Å². The number of thioether (sulfide) groups is 1. The first-order valence-electron chi connectivity index (χ1n) is 6.80. The van der Waals surface area contributed by atoms with E-state index in [1.807, 2.05) is 30.5 Å². The third kappa shape index (κ3) is 4.01. The molecule has 0 unspecified atom stereocenters. The quantitative estimate of drug-likeness (QED) is 0.819. The van der Waals surface area contributed by atoms with E-state index in [0.717, 1.165) is 16.2 Å². The minimum Gasteiger partial charge on any atom is -0.496 e. The fraction of sp³-hybridized carbons (Fsp3) is 0.188. The molecule has 0 aliphatic carbocycles. The molecular formula is C16H17N3O3S. The topological polar surface area (TPSA) is 84.1 Å².